The molecular formula is C12H7F3O. The molecule has 0 saturated heterocycles. The van der Waals surface area contributed by atoms with Crippen molar-refractivity contribution in [2.75, 3.05) is 0 Å². The summed E-state index contributed by atoms with van der Waals surface area (Å²) in [5, 5.41) is 9.43. The average Bonchev–Trinajstić information content (AvgIpc) is 2.23. The van der Waals surface area contributed by atoms with Crippen molar-refractivity contribution >= 4 is 0 Å². The molecule has 0 radical (unpaired) electrons. The average molecular weight is 224 g/mol. The van der Waals surface area contributed by atoms with Crippen LogP contribution in [0.2, 0.25) is 0 Å². The van der Waals surface area contributed by atoms with E-state index in [4.69, 9.17) is 0 Å². The third-order valence-corrected chi connectivity index (χ3v) is 2.20. The topological polar surface area (TPSA) is 20.2 Å². The van der Waals surface area contributed by atoms with Crippen molar-refractivity contribution in [2.24, 2.45) is 0 Å². The van der Waals surface area contributed by atoms with E-state index in [9.17, 15) is 18.3 Å². The zero-order valence-electron chi connectivity index (χ0n) is 8.05. The van der Waals surface area contributed by atoms with Gasteiger partial charge >= 0.3 is 0 Å². The van der Waals surface area contributed by atoms with Crippen LogP contribution in [0.5, 0.6) is 5.75 Å². The van der Waals surface area contributed by atoms with Crippen LogP contribution < -0.4 is 0 Å². The van der Waals surface area contributed by atoms with Crippen molar-refractivity contribution in [1.82, 2.24) is 0 Å². The molecular weight excluding hydrogens is 217 g/mol. The monoisotopic (exact) mass is 224 g/mol. The van der Waals surface area contributed by atoms with Crippen LogP contribution in [0.1, 0.15) is 0 Å². The van der Waals surface area contributed by atoms with Gasteiger partial charge in [-0.25, -0.2) is 13.2 Å². The number of hydrogen-bond acceptors (Lipinski definition) is 1. The van der Waals surface area contributed by atoms with E-state index < -0.39 is 23.2 Å². The van der Waals surface area contributed by atoms with Gasteiger partial charge in [0.15, 0.2) is 11.6 Å². The maximum absolute atomic E-state index is 13.4. The van der Waals surface area contributed by atoms with Gasteiger partial charge in [0.2, 0.25) is 0 Å². The van der Waals surface area contributed by atoms with Gasteiger partial charge in [-0.3, -0.25) is 0 Å². The maximum Gasteiger partial charge on any atom is 0.166 e. The summed E-state index contributed by atoms with van der Waals surface area (Å²) in [5.41, 5.74) is -0.0455. The highest BCUT2D eigenvalue weighted by molar-refractivity contribution is 5.70. The first-order valence-corrected chi connectivity index (χ1v) is 4.52. The molecule has 2 aromatic carbocycles. The van der Waals surface area contributed by atoms with E-state index >= 15 is 0 Å². The molecule has 0 fully saturated rings. The Balaban J connectivity index is 2.63. The smallest absolute Gasteiger partial charge is 0.166 e. The minimum atomic E-state index is -1.07. The highest BCUT2D eigenvalue weighted by Crippen LogP contribution is 2.32. The van der Waals surface area contributed by atoms with Crippen LogP contribution in [0.3, 0.4) is 0 Å². The van der Waals surface area contributed by atoms with Crippen molar-refractivity contribution < 1.29 is 18.3 Å². The molecule has 4 heteroatoms. The highest BCUT2D eigenvalue weighted by Gasteiger charge is 2.13. The lowest BCUT2D eigenvalue weighted by Gasteiger charge is -2.06. The third-order valence-electron chi connectivity index (χ3n) is 2.20. The van der Waals surface area contributed by atoms with Gasteiger partial charge in [-0.1, -0.05) is 12.1 Å². The molecule has 0 heterocycles. The number of halogens is 3. The second kappa shape index (κ2) is 3.89. The van der Waals surface area contributed by atoms with Gasteiger partial charge in [0, 0.05) is 17.2 Å². The molecule has 0 aliphatic heterocycles. The predicted octanol–water partition coefficient (Wildman–Crippen LogP) is 3.48. The molecule has 0 aliphatic rings. The molecule has 16 heavy (non-hydrogen) atoms. The first kappa shape index (κ1) is 10.5. The molecule has 1 N–H and O–H groups in total. The predicted molar refractivity (Wildman–Crippen MR) is 53.4 cm³/mol. The van der Waals surface area contributed by atoms with E-state index in [0.717, 1.165) is 18.2 Å². The molecule has 0 amide bonds. The van der Waals surface area contributed by atoms with Gasteiger partial charge in [0.05, 0.1) is 0 Å². The van der Waals surface area contributed by atoms with Gasteiger partial charge in [0.1, 0.15) is 11.6 Å². The number of benzene rings is 2. The second-order valence-corrected chi connectivity index (χ2v) is 3.26. The van der Waals surface area contributed by atoms with Crippen molar-refractivity contribution in [3.05, 3.63) is 53.8 Å². The summed E-state index contributed by atoms with van der Waals surface area (Å²) in [4.78, 5) is 0. The van der Waals surface area contributed by atoms with E-state index in [1.807, 2.05) is 0 Å². The standard InChI is InChI=1S/C12H7F3O/c13-7-4-5-8(11(16)6-7)9-2-1-3-10(14)12(9)15/h1-6,16H. The lowest BCUT2D eigenvalue weighted by Crippen LogP contribution is -1.89. The number of phenolic OH excluding ortho intramolecular Hbond substituents is 1. The first-order valence-electron chi connectivity index (χ1n) is 4.52. The zero-order chi connectivity index (χ0) is 11.7. The minimum Gasteiger partial charge on any atom is -0.507 e. The Labute approximate surface area is 89.8 Å². The zero-order valence-corrected chi connectivity index (χ0v) is 8.05. The summed E-state index contributed by atoms with van der Waals surface area (Å²) < 4.78 is 39.0. The van der Waals surface area contributed by atoms with Crippen LogP contribution >= 0.6 is 0 Å². The maximum atomic E-state index is 13.4. The molecule has 0 atom stereocenters. The molecule has 0 aromatic heterocycles. The fraction of sp³-hybridized carbons (Fsp3) is 0. The largest absolute Gasteiger partial charge is 0.507 e. The van der Waals surface area contributed by atoms with Crippen LogP contribution in [0, 0.1) is 17.5 Å². The lowest BCUT2D eigenvalue weighted by atomic mass is 10.0. The van der Waals surface area contributed by atoms with Crippen molar-refractivity contribution in [3.63, 3.8) is 0 Å². The Bertz CT molecular complexity index is 538. The van der Waals surface area contributed by atoms with Crippen LogP contribution in [-0.2, 0) is 0 Å². The van der Waals surface area contributed by atoms with Gasteiger partial charge < -0.3 is 5.11 Å². The van der Waals surface area contributed by atoms with Crippen LogP contribution in [0.25, 0.3) is 11.1 Å². The van der Waals surface area contributed by atoms with Crippen molar-refractivity contribution in [3.8, 4) is 16.9 Å². The van der Waals surface area contributed by atoms with Gasteiger partial charge in [0.25, 0.3) is 0 Å². The van der Waals surface area contributed by atoms with Gasteiger partial charge in [-0.05, 0) is 18.2 Å². The second-order valence-electron chi connectivity index (χ2n) is 3.26. The summed E-state index contributed by atoms with van der Waals surface area (Å²) in [6.07, 6.45) is 0. The Kier molecular flexibility index (Phi) is 2.56. The Morgan fingerprint density at radius 1 is 0.875 bits per heavy atom. The van der Waals surface area contributed by atoms with E-state index in [0.29, 0.717) is 0 Å². The molecule has 2 aromatic rings. The number of phenols is 1. The summed E-state index contributed by atoms with van der Waals surface area (Å²) >= 11 is 0. The first-order chi connectivity index (χ1) is 7.59. The molecule has 0 bridgehead atoms. The van der Waals surface area contributed by atoms with Gasteiger partial charge in [-0.2, -0.15) is 0 Å². The van der Waals surface area contributed by atoms with Crippen molar-refractivity contribution in [2.45, 2.75) is 0 Å². The molecule has 0 unspecified atom stereocenters. The molecule has 82 valence electrons. The molecule has 0 aliphatic carbocycles. The summed E-state index contributed by atoms with van der Waals surface area (Å²) in [5.74, 6) is -3.15. The van der Waals surface area contributed by atoms with E-state index in [2.05, 4.69) is 0 Å². The fourth-order valence-electron chi connectivity index (χ4n) is 1.44. The molecule has 0 spiro atoms. The molecule has 2 rings (SSSR count). The van der Waals surface area contributed by atoms with E-state index in [-0.39, 0.29) is 11.1 Å². The minimum absolute atomic E-state index is 0.0541. The summed E-state index contributed by atoms with van der Waals surface area (Å²) in [6, 6.07) is 6.71. The molecule has 0 saturated carbocycles. The Morgan fingerprint density at radius 2 is 1.62 bits per heavy atom. The third kappa shape index (κ3) is 1.74. The number of rotatable bonds is 1. The summed E-state index contributed by atoms with van der Waals surface area (Å²) in [7, 11) is 0. The Morgan fingerprint density at radius 3 is 2.31 bits per heavy atom. The quantitative estimate of drug-likeness (QED) is 0.786. The van der Waals surface area contributed by atoms with Crippen molar-refractivity contribution in [1.29, 1.82) is 0 Å². The van der Waals surface area contributed by atoms with E-state index in [1.54, 1.807) is 0 Å². The van der Waals surface area contributed by atoms with Crippen LogP contribution in [0.15, 0.2) is 36.4 Å². The number of hydrogen-bond donors (Lipinski definition) is 1. The molecule has 1 nitrogen and oxygen atoms in total. The van der Waals surface area contributed by atoms with E-state index in [1.165, 1.54) is 18.2 Å². The normalized spacial score (nSPS) is 10.4. The lowest BCUT2D eigenvalue weighted by molar-refractivity contribution is 0.469. The SMILES string of the molecule is Oc1cc(F)ccc1-c1cccc(F)c1F. The van der Waals surface area contributed by atoms with Crippen LogP contribution in [-0.4, -0.2) is 5.11 Å². The summed E-state index contributed by atoms with van der Waals surface area (Å²) in [6.45, 7) is 0. The fourth-order valence-corrected chi connectivity index (χ4v) is 1.44. The Hall–Kier alpha value is -1.97. The number of aromatic hydroxyl groups is 1. The highest BCUT2D eigenvalue weighted by atomic mass is 19.2. The van der Waals surface area contributed by atoms with Gasteiger partial charge in [-0.15, -0.1) is 0 Å². The van der Waals surface area contributed by atoms with Crippen LogP contribution in [0.4, 0.5) is 13.2 Å².